The molecule has 0 aromatic heterocycles. The summed E-state index contributed by atoms with van der Waals surface area (Å²) >= 11 is 1.58. The lowest BCUT2D eigenvalue weighted by Gasteiger charge is -2.29. The Morgan fingerprint density at radius 1 is 1.30 bits per heavy atom. The monoisotopic (exact) mass is 388 g/mol. The molecule has 0 bridgehead atoms. The van der Waals surface area contributed by atoms with E-state index >= 15 is 0 Å². The number of likely N-dealkylation sites (N-methyl/N-ethyl adjacent to an activating group) is 1. The molecule has 142 valence electrons. The molecule has 3 aliphatic heterocycles. The minimum Gasteiger partial charge on any atom is -0.456 e. The van der Waals surface area contributed by atoms with Crippen LogP contribution in [0, 0.1) is 0 Å². The lowest BCUT2D eigenvalue weighted by molar-refractivity contribution is -0.152. The van der Waals surface area contributed by atoms with E-state index in [1.54, 1.807) is 46.8 Å². The highest BCUT2D eigenvalue weighted by Gasteiger charge is 2.53. The SMILES string of the molecule is CN1C(=O)Cc2cc(C(=O)COC(=O)[C@H]3CS[C@@]4(C)CCC(=O)N34)ccc21. The molecular weight excluding hydrogens is 368 g/mol. The van der Waals surface area contributed by atoms with E-state index in [0.717, 1.165) is 17.7 Å². The molecule has 2 saturated heterocycles. The van der Waals surface area contributed by atoms with Crippen LogP contribution in [0.15, 0.2) is 18.2 Å². The van der Waals surface area contributed by atoms with Gasteiger partial charge in [-0.2, -0.15) is 0 Å². The number of amides is 2. The van der Waals surface area contributed by atoms with Crippen LogP contribution in [-0.2, 0) is 25.5 Å². The van der Waals surface area contributed by atoms with E-state index in [-0.39, 0.29) is 35.5 Å². The van der Waals surface area contributed by atoms with Gasteiger partial charge in [-0.1, -0.05) is 0 Å². The fourth-order valence-electron chi connectivity index (χ4n) is 3.95. The summed E-state index contributed by atoms with van der Waals surface area (Å²) in [6, 6.07) is 4.42. The maximum atomic E-state index is 12.5. The van der Waals surface area contributed by atoms with Gasteiger partial charge in [0.2, 0.25) is 11.8 Å². The normalized spacial score (nSPS) is 26.4. The average molecular weight is 388 g/mol. The van der Waals surface area contributed by atoms with Crippen LogP contribution in [0.4, 0.5) is 5.69 Å². The molecule has 0 spiro atoms. The summed E-state index contributed by atoms with van der Waals surface area (Å²) in [5.74, 6) is -0.427. The van der Waals surface area contributed by atoms with Crippen LogP contribution in [0.25, 0.3) is 0 Å². The second-order valence-corrected chi connectivity index (χ2v) is 8.77. The van der Waals surface area contributed by atoms with Crippen molar-refractivity contribution in [2.24, 2.45) is 0 Å². The van der Waals surface area contributed by atoms with Gasteiger partial charge in [-0.25, -0.2) is 4.79 Å². The third kappa shape index (κ3) is 2.92. The number of Topliss-reactive ketones (excluding diaryl/α,β-unsaturated/α-hetero) is 1. The summed E-state index contributed by atoms with van der Waals surface area (Å²) in [6.45, 7) is 1.59. The van der Waals surface area contributed by atoms with Gasteiger partial charge < -0.3 is 14.5 Å². The first-order chi connectivity index (χ1) is 12.8. The molecule has 2 amide bonds. The Morgan fingerprint density at radius 3 is 2.85 bits per heavy atom. The third-order valence-corrected chi connectivity index (χ3v) is 7.05. The van der Waals surface area contributed by atoms with Gasteiger partial charge in [0.15, 0.2) is 12.4 Å². The Bertz CT molecular complexity index is 870. The van der Waals surface area contributed by atoms with Crippen molar-refractivity contribution in [2.45, 2.75) is 37.1 Å². The predicted molar refractivity (Wildman–Crippen MR) is 99.6 cm³/mol. The number of carbonyl (C=O) groups excluding carboxylic acids is 4. The van der Waals surface area contributed by atoms with E-state index in [4.69, 9.17) is 4.74 Å². The summed E-state index contributed by atoms with van der Waals surface area (Å²) in [6.07, 6.45) is 1.43. The van der Waals surface area contributed by atoms with Crippen molar-refractivity contribution in [1.29, 1.82) is 0 Å². The van der Waals surface area contributed by atoms with E-state index in [0.29, 0.717) is 17.7 Å². The molecule has 27 heavy (non-hydrogen) atoms. The Balaban J connectivity index is 1.40. The van der Waals surface area contributed by atoms with Crippen LogP contribution in [0.1, 0.15) is 35.7 Å². The van der Waals surface area contributed by atoms with E-state index in [2.05, 4.69) is 0 Å². The van der Waals surface area contributed by atoms with Crippen LogP contribution in [0.3, 0.4) is 0 Å². The van der Waals surface area contributed by atoms with Gasteiger partial charge in [0.25, 0.3) is 0 Å². The largest absolute Gasteiger partial charge is 0.456 e. The molecule has 3 aliphatic rings. The number of anilines is 1. The number of ether oxygens (including phenoxy) is 1. The minimum absolute atomic E-state index is 0.0157. The number of hydrogen-bond donors (Lipinski definition) is 0. The molecule has 0 N–H and O–H groups in total. The molecule has 0 aliphatic carbocycles. The van der Waals surface area contributed by atoms with Crippen molar-refractivity contribution < 1.29 is 23.9 Å². The van der Waals surface area contributed by atoms with Crippen LogP contribution in [0.5, 0.6) is 0 Å². The number of hydrogen-bond acceptors (Lipinski definition) is 6. The van der Waals surface area contributed by atoms with Crippen molar-refractivity contribution in [3.05, 3.63) is 29.3 Å². The summed E-state index contributed by atoms with van der Waals surface area (Å²) in [5.41, 5.74) is 2.00. The van der Waals surface area contributed by atoms with Crippen LogP contribution < -0.4 is 4.90 Å². The van der Waals surface area contributed by atoms with Crippen molar-refractivity contribution >= 4 is 41.0 Å². The molecule has 0 unspecified atom stereocenters. The molecule has 8 heteroatoms. The smallest absolute Gasteiger partial charge is 0.330 e. The standard InChI is InChI=1S/C19H20N2O5S/c1-19-6-5-16(23)21(19)14(10-27-19)18(25)26-9-15(22)11-3-4-13-12(7-11)8-17(24)20(13)2/h3-4,7,14H,5-6,8-10H2,1-2H3/t14-,19+/m1/s1. The number of rotatable bonds is 4. The molecule has 0 saturated carbocycles. The Morgan fingerprint density at radius 2 is 2.07 bits per heavy atom. The highest BCUT2D eigenvalue weighted by atomic mass is 32.2. The molecular formula is C19H20N2O5S. The molecule has 1 aromatic carbocycles. The highest BCUT2D eigenvalue weighted by Crippen LogP contribution is 2.47. The summed E-state index contributed by atoms with van der Waals surface area (Å²) in [5, 5.41) is 0. The summed E-state index contributed by atoms with van der Waals surface area (Å²) in [4.78, 5) is 51.6. The van der Waals surface area contributed by atoms with Gasteiger partial charge in [-0.3, -0.25) is 14.4 Å². The maximum absolute atomic E-state index is 12.5. The second-order valence-electron chi connectivity index (χ2n) is 7.27. The lowest BCUT2D eigenvalue weighted by atomic mass is 10.1. The first-order valence-electron chi connectivity index (χ1n) is 8.85. The number of carbonyl (C=O) groups is 4. The van der Waals surface area contributed by atoms with Crippen molar-refractivity contribution in [2.75, 3.05) is 24.3 Å². The molecule has 0 radical (unpaired) electrons. The molecule has 3 heterocycles. The van der Waals surface area contributed by atoms with Crippen LogP contribution in [0.2, 0.25) is 0 Å². The number of fused-ring (bicyclic) bond motifs is 2. The molecule has 1 aromatic rings. The molecule has 2 atom stereocenters. The number of esters is 1. The topological polar surface area (TPSA) is 84.0 Å². The third-order valence-electron chi connectivity index (χ3n) is 5.54. The van der Waals surface area contributed by atoms with Gasteiger partial charge in [-0.05, 0) is 37.1 Å². The maximum Gasteiger partial charge on any atom is 0.330 e. The zero-order valence-corrected chi connectivity index (χ0v) is 16.0. The highest BCUT2D eigenvalue weighted by molar-refractivity contribution is 8.01. The van der Waals surface area contributed by atoms with E-state index in [1.807, 2.05) is 6.92 Å². The van der Waals surface area contributed by atoms with Crippen molar-refractivity contribution in [3.63, 3.8) is 0 Å². The lowest BCUT2D eigenvalue weighted by Crippen LogP contribution is -2.46. The minimum atomic E-state index is -0.630. The Labute approximate surface area is 161 Å². The first kappa shape index (κ1) is 18.0. The van der Waals surface area contributed by atoms with Gasteiger partial charge in [0, 0.05) is 30.5 Å². The molecule has 4 rings (SSSR count). The van der Waals surface area contributed by atoms with E-state index < -0.39 is 12.0 Å². The zero-order valence-electron chi connectivity index (χ0n) is 15.2. The van der Waals surface area contributed by atoms with Gasteiger partial charge >= 0.3 is 5.97 Å². The quantitative estimate of drug-likeness (QED) is 0.572. The first-order valence-corrected chi connectivity index (χ1v) is 9.84. The van der Waals surface area contributed by atoms with Crippen LogP contribution >= 0.6 is 11.8 Å². The van der Waals surface area contributed by atoms with Gasteiger partial charge in [-0.15, -0.1) is 11.8 Å². The second kappa shape index (κ2) is 6.37. The predicted octanol–water partition coefficient (Wildman–Crippen LogP) is 1.39. The van der Waals surface area contributed by atoms with Crippen molar-refractivity contribution in [1.82, 2.24) is 4.90 Å². The molecule has 2 fully saturated rings. The van der Waals surface area contributed by atoms with E-state index in [9.17, 15) is 19.2 Å². The van der Waals surface area contributed by atoms with Crippen molar-refractivity contribution in [3.8, 4) is 0 Å². The van der Waals surface area contributed by atoms with Gasteiger partial charge in [0.1, 0.15) is 6.04 Å². The van der Waals surface area contributed by atoms with Gasteiger partial charge in [0.05, 0.1) is 11.3 Å². The number of thioether (sulfide) groups is 1. The Kier molecular flexibility index (Phi) is 4.25. The Hall–Kier alpha value is -2.35. The summed E-state index contributed by atoms with van der Waals surface area (Å²) < 4.78 is 5.23. The number of ketones is 1. The average Bonchev–Trinajstić information content (AvgIpc) is 3.24. The molecule has 7 nitrogen and oxygen atoms in total. The van der Waals surface area contributed by atoms with Crippen LogP contribution in [-0.4, -0.2) is 58.8 Å². The fourth-order valence-corrected chi connectivity index (χ4v) is 5.37. The number of nitrogens with zero attached hydrogens (tertiary/aromatic N) is 2. The fraction of sp³-hybridized carbons (Fsp3) is 0.474. The zero-order chi connectivity index (χ0) is 19.3. The summed E-state index contributed by atoms with van der Waals surface area (Å²) in [7, 11) is 1.70. The van der Waals surface area contributed by atoms with E-state index in [1.165, 1.54) is 0 Å². The number of benzene rings is 1.